The van der Waals surface area contributed by atoms with Gasteiger partial charge in [-0.25, -0.2) is 4.98 Å². The lowest BCUT2D eigenvalue weighted by molar-refractivity contribution is 0.0892. The molecule has 5 nitrogen and oxygen atoms in total. The molecule has 0 bridgehead atoms. The van der Waals surface area contributed by atoms with Gasteiger partial charge < -0.3 is 4.90 Å². The van der Waals surface area contributed by atoms with E-state index in [0.717, 1.165) is 44.9 Å². The summed E-state index contributed by atoms with van der Waals surface area (Å²) in [6, 6.07) is 11.3. The van der Waals surface area contributed by atoms with Crippen molar-refractivity contribution in [2.45, 2.75) is 25.4 Å². The number of hydrogen-bond donors (Lipinski definition) is 0. The predicted molar refractivity (Wildman–Crippen MR) is 112 cm³/mol. The first kappa shape index (κ1) is 17.2. The van der Waals surface area contributed by atoms with Gasteiger partial charge in [-0.3, -0.25) is 14.2 Å². The average Bonchev–Trinajstić information content (AvgIpc) is 3.44. The van der Waals surface area contributed by atoms with Gasteiger partial charge >= 0.3 is 0 Å². The van der Waals surface area contributed by atoms with Gasteiger partial charge in [0.15, 0.2) is 0 Å². The average molecular weight is 382 g/mol. The molecule has 1 atom stereocenters. The van der Waals surface area contributed by atoms with Crippen LogP contribution < -0.4 is 4.90 Å². The summed E-state index contributed by atoms with van der Waals surface area (Å²) in [4.78, 5) is 14.0. The van der Waals surface area contributed by atoms with E-state index in [4.69, 9.17) is 4.98 Å². The van der Waals surface area contributed by atoms with Gasteiger partial charge in [0.1, 0.15) is 11.5 Å². The third-order valence-corrected chi connectivity index (χ3v) is 6.81. The van der Waals surface area contributed by atoms with Crippen molar-refractivity contribution in [2.75, 3.05) is 44.7 Å². The maximum Gasteiger partial charge on any atom is 0.138 e. The van der Waals surface area contributed by atoms with Crippen molar-refractivity contribution in [3.63, 3.8) is 0 Å². The highest BCUT2D eigenvalue weighted by Crippen LogP contribution is 2.28. The van der Waals surface area contributed by atoms with Crippen molar-refractivity contribution in [3.8, 4) is 0 Å². The normalized spacial score (nSPS) is 22.1. The lowest BCUT2D eigenvalue weighted by atomic mass is 10.1. The zero-order valence-electron chi connectivity index (χ0n) is 15.9. The van der Waals surface area contributed by atoms with Crippen molar-refractivity contribution in [1.82, 2.24) is 19.2 Å². The minimum Gasteiger partial charge on any atom is -0.358 e. The molecule has 27 heavy (non-hydrogen) atoms. The van der Waals surface area contributed by atoms with Crippen molar-refractivity contribution < 1.29 is 0 Å². The molecule has 3 aromatic rings. The number of fused-ring (bicyclic) bond motifs is 1. The number of piperazine rings is 1. The highest BCUT2D eigenvalue weighted by molar-refractivity contribution is 7.09. The minimum absolute atomic E-state index is 0.352. The first-order valence-electron chi connectivity index (χ1n) is 9.96. The van der Waals surface area contributed by atoms with Crippen molar-refractivity contribution in [2.24, 2.45) is 0 Å². The molecule has 5 rings (SSSR count). The molecule has 2 aliphatic heterocycles. The third kappa shape index (κ3) is 3.37. The lowest BCUT2D eigenvalue weighted by Gasteiger charge is -2.38. The molecule has 5 heterocycles. The Hall–Kier alpha value is -1.89. The van der Waals surface area contributed by atoms with E-state index >= 15 is 0 Å². The van der Waals surface area contributed by atoms with Crippen LogP contribution in [-0.2, 0) is 6.54 Å². The van der Waals surface area contributed by atoms with Crippen molar-refractivity contribution in [1.29, 1.82) is 0 Å². The SMILES string of the molecule is CN1CCN(Cc2cccs2)CC1c1cn2c(N3CCCC3)cccc2n1. The highest BCUT2D eigenvalue weighted by Gasteiger charge is 2.28. The quantitative estimate of drug-likeness (QED) is 0.691. The molecule has 0 saturated carbocycles. The Morgan fingerprint density at radius 1 is 1.07 bits per heavy atom. The van der Waals surface area contributed by atoms with Gasteiger partial charge in [-0.15, -0.1) is 11.3 Å². The van der Waals surface area contributed by atoms with Crippen molar-refractivity contribution >= 4 is 22.8 Å². The lowest BCUT2D eigenvalue weighted by Crippen LogP contribution is -2.46. The van der Waals surface area contributed by atoms with E-state index in [1.807, 2.05) is 11.3 Å². The van der Waals surface area contributed by atoms with Crippen LogP contribution in [0.5, 0.6) is 0 Å². The first-order valence-corrected chi connectivity index (χ1v) is 10.8. The second kappa shape index (κ2) is 7.26. The smallest absolute Gasteiger partial charge is 0.138 e. The van der Waals surface area contributed by atoms with Gasteiger partial charge in [0.25, 0.3) is 0 Å². The Morgan fingerprint density at radius 3 is 2.78 bits per heavy atom. The van der Waals surface area contributed by atoms with Gasteiger partial charge in [0.05, 0.1) is 11.7 Å². The Labute approximate surface area is 164 Å². The fraction of sp³-hybridized carbons (Fsp3) is 0.476. The second-order valence-corrected chi connectivity index (χ2v) is 8.82. The summed E-state index contributed by atoms with van der Waals surface area (Å²) in [5.74, 6) is 1.29. The molecule has 0 aromatic carbocycles. The molecule has 0 spiro atoms. The minimum atomic E-state index is 0.352. The van der Waals surface area contributed by atoms with Crippen LogP contribution in [0.4, 0.5) is 5.82 Å². The van der Waals surface area contributed by atoms with Crippen LogP contribution in [0.25, 0.3) is 5.65 Å². The van der Waals surface area contributed by atoms with Crippen LogP contribution in [0.1, 0.15) is 29.5 Å². The van der Waals surface area contributed by atoms with Gasteiger partial charge in [-0.1, -0.05) is 12.1 Å². The molecule has 142 valence electrons. The molecule has 0 N–H and O–H groups in total. The molecule has 6 heteroatoms. The molecule has 0 aliphatic carbocycles. The number of likely N-dealkylation sites (N-methyl/N-ethyl adjacent to an activating group) is 1. The Bertz CT molecular complexity index is 897. The summed E-state index contributed by atoms with van der Waals surface area (Å²) in [5, 5.41) is 2.17. The summed E-state index contributed by atoms with van der Waals surface area (Å²) in [6.07, 6.45) is 4.86. The van der Waals surface area contributed by atoms with Crippen LogP contribution in [0.15, 0.2) is 41.9 Å². The van der Waals surface area contributed by atoms with Gasteiger partial charge in [0, 0.05) is 50.3 Å². The third-order valence-electron chi connectivity index (χ3n) is 5.95. The van der Waals surface area contributed by atoms with Gasteiger partial charge in [-0.05, 0) is 43.5 Å². The summed E-state index contributed by atoms with van der Waals surface area (Å²) in [6.45, 7) is 6.61. The highest BCUT2D eigenvalue weighted by atomic mass is 32.1. The van der Waals surface area contributed by atoms with Crippen LogP contribution in [0, 0.1) is 0 Å². The van der Waals surface area contributed by atoms with Gasteiger partial charge in [0.2, 0.25) is 0 Å². The first-order chi connectivity index (χ1) is 13.3. The molecule has 0 radical (unpaired) electrons. The second-order valence-electron chi connectivity index (χ2n) is 7.78. The van der Waals surface area contributed by atoms with E-state index in [-0.39, 0.29) is 0 Å². The number of nitrogens with zero attached hydrogens (tertiary/aromatic N) is 5. The van der Waals surface area contributed by atoms with E-state index in [2.05, 4.69) is 68.1 Å². The Morgan fingerprint density at radius 2 is 1.96 bits per heavy atom. The van der Waals surface area contributed by atoms with E-state index in [9.17, 15) is 0 Å². The maximum absolute atomic E-state index is 5.02. The number of pyridine rings is 1. The summed E-state index contributed by atoms with van der Waals surface area (Å²) in [5.41, 5.74) is 2.26. The van der Waals surface area contributed by atoms with Crippen LogP contribution >= 0.6 is 11.3 Å². The van der Waals surface area contributed by atoms with Crippen LogP contribution in [0.2, 0.25) is 0 Å². The summed E-state index contributed by atoms with van der Waals surface area (Å²) >= 11 is 1.85. The fourth-order valence-electron chi connectivity index (χ4n) is 4.40. The molecule has 2 saturated heterocycles. The number of thiophene rings is 1. The summed E-state index contributed by atoms with van der Waals surface area (Å²) in [7, 11) is 2.23. The number of aromatic nitrogens is 2. The molecule has 2 fully saturated rings. The molecule has 2 aliphatic rings. The number of hydrogen-bond acceptors (Lipinski definition) is 5. The van der Waals surface area contributed by atoms with E-state index in [1.165, 1.54) is 29.2 Å². The van der Waals surface area contributed by atoms with E-state index in [1.54, 1.807) is 0 Å². The molecular formula is C21H27N5S. The van der Waals surface area contributed by atoms with Crippen LogP contribution in [0.3, 0.4) is 0 Å². The largest absolute Gasteiger partial charge is 0.358 e. The zero-order chi connectivity index (χ0) is 18.2. The molecule has 3 aromatic heterocycles. The molecular weight excluding hydrogens is 354 g/mol. The molecule has 1 unspecified atom stereocenters. The number of imidazole rings is 1. The molecule has 0 amide bonds. The number of rotatable bonds is 4. The van der Waals surface area contributed by atoms with Crippen molar-refractivity contribution in [3.05, 3.63) is 52.5 Å². The predicted octanol–water partition coefficient (Wildman–Crippen LogP) is 3.48. The van der Waals surface area contributed by atoms with Crippen LogP contribution in [-0.4, -0.2) is 59.0 Å². The van der Waals surface area contributed by atoms with E-state index < -0.39 is 0 Å². The monoisotopic (exact) mass is 381 g/mol. The van der Waals surface area contributed by atoms with Gasteiger partial charge in [-0.2, -0.15) is 0 Å². The maximum atomic E-state index is 5.02. The standard InChI is InChI=1S/C21H27N5S/c1-23-11-12-24(14-17-6-5-13-27-17)16-19(23)18-15-26-20(22-18)7-4-8-21(26)25-9-2-3-10-25/h4-8,13,15,19H,2-3,9-12,14,16H2,1H3. The zero-order valence-corrected chi connectivity index (χ0v) is 16.7. The Kier molecular flexibility index (Phi) is 4.63. The van der Waals surface area contributed by atoms with E-state index in [0.29, 0.717) is 6.04 Å². The topological polar surface area (TPSA) is 27.0 Å². The number of anilines is 1. The summed E-state index contributed by atoms with van der Waals surface area (Å²) < 4.78 is 2.30. The fourth-order valence-corrected chi connectivity index (χ4v) is 5.14. The Balaban J connectivity index is 1.42.